The van der Waals surface area contributed by atoms with Gasteiger partial charge in [-0.05, 0) is 66.2 Å². The summed E-state index contributed by atoms with van der Waals surface area (Å²) in [5, 5.41) is 3.17. The van der Waals surface area contributed by atoms with E-state index in [9.17, 15) is 4.79 Å². The van der Waals surface area contributed by atoms with E-state index in [0.717, 1.165) is 5.56 Å². The van der Waals surface area contributed by atoms with Crippen LogP contribution in [0.15, 0.2) is 116 Å². The number of aromatic nitrogens is 4. The SMILES string of the molecule is COc1ccccc1C#Cc1cc(Cc2cnc(N)nc2N)cc(C(=O)NC(c2ccccn2)c2ccccn2)c1C#Cc1ccccc1OC. The predicted octanol–water partition coefficient (Wildman–Crippen LogP) is 5.36. The summed E-state index contributed by atoms with van der Waals surface area (Å²) < 4.78 is 11.1. The molecule has 6 aromatic rings. The second kappa shape index (κ2) is 15.8. The van der Waals surface area contributed by atoms with Crippen LogP contribution in [0.3, 0.4) is 0 Å². The van der Waals surface area contributed by atoms with Crippen molar-refractivity contribution in [3.63, 3.8) is 0 Å². The molecule has 250 valence electrons. The third-order valence-corrected chi connectivity index (χ3v) is 7.86. The van der Waals surface area contributed by atoms with Gasteiger partial charge in [0.2, 0.25) is 5.95 Å². The third-order valence-electron chi connectivity index (χ3n) is 7.86. The summed E-state index contributed by atoms with van der Waals surface area (Å²) in [6.45, 7) is 0. The van der Waals surface area contributed by atoms with E-state index >= 15 is 0 Å². The molecule has 6 rings (SSSR count). The number of methoxy groups -OCH3 is 2. The van der Waals surface area contributed by atoms with Crippen LogP contribution in [0.25, 0.3) is 0 Å². The number of hydrogen-bond acceptors (Lipinski definition) is 9. The van der Waals surface area contributed by atoms with Crippen molar-refractivity contribution >= 4 is 17.7 Å². The molecule has 3 aromatic heterocycles. The highest BCUT2D eigenvalue weighted by Crippen LogP contribution is 2.25. The number of nitrogens with two attached hydrogens (primary N) is 2. The fourth-order valence-electron chi connectivity index (χ4n) is 5.37. The van der Waals surface area contributed by atoms with Crippen LogP contribution >= 0.6 is 0 Å². The first-order valence-corrected chi connectivity index (χ1v) is 15.9. The van der Waals surface area contributed by atoms with E-state index < -0.39 is 11.9 Å². The zero-order chi connectivity index (χ0) is 35.6. The first kappa shape index (κ1) is 33.7. The summed E-state index contributed by atoms with van der Waals surface area (Å²) in [7, 11) is 3.17. The van der Waals surface area contributed by atoms with E-state index in [2.05, 4.69) is 48.9 Å². The summed E-state index contributed by atoms with van der Waals surface area (Å²) >= 11 is 0. The van der Waals surface area contributed by atoms with Gasteiger partial charge in [-0.25, -0.2) is 4.98 Å². The highest BCUT2D eigenvalue weighted by Gasteiger charge is 2.23. The Morgan fingerprint density at radius 3 is 1.86 bits per heavy atom. The smallest absolute Gasteiger partial charge is 0.253 e. The van der Waals surface area contributed by atoms with E-state index in [-0.39, 0.29) is 17.3 Å². The molecule has 0 atom stereocenters. The minimum atomic E-state index is -0.664. The highest BCUT2D eigenvalue weighted by molar-refractivity contribution is 5.98. The molecule has 0 bridgehead atoms. The van der Waals surface area contributed by atoms with Crippen molar-refractivity contribution in [2.45, 2.75) is 12.5 Å². The standard InChI is InChI=1S/C41H33N7O3/c1-50-36-15-5-3-11-28(36)17-18-30-23-27(24-31-26-46-41(43)48-39(31)42)25-33(32(30)20-19-29-12-4-6-16-37(29)51-2)40(49)47-38(34-13-7-9-21-44-34)35-14-8-10-22-45-35/h3-16,21-23,25-26,38H,24H2,1-2H3,(H,47,49)(H4,42,43,46,48). The maximum Gasteiger partial charge on any atom is 0.253 e. The Bertz CT molecular complexity index is 2270. The molecule has 0 aliphatic heterocycles. The third kappa shape index (κ3) is 8.11. The summed E-state index contributed by atoms with van der Waals surface area (Å²) in [6.07, 6.45) is 5.21. The summed E-state index contributed by atoms with van der Waals surface area (Å²) in [6, 6.07) is 28.9. The van der Waals surface area contributed by atoms with Gasteiger partial charge >= 0.3 is 0 Å². The molecule has 1 amide bonds. The van der Waals surface area contributed by atoms with Crippen LogP contribution in [0.5, 0.6) is 11.5 Å². The Balaban J connectivity index is 1.56. The van der Waals surface area contributed by atoms with Crippen molar-refractivity contribution in [1.82, 2.24) is 25.3 Å². The van der Waals surface area contributed by atoms with E-state index in [4.69, 9.17) is 20.9 Å². The molecule has 51 heavy (non-hydrogen) atoms. The summed E-state index contributed by atoms with van der Waals surface area (Å²) in [5.74, 6) is 14.1. The molecule has 0 aliphatic rings. The lowest BCUT2D eigenvalue weighted by Gasteiger charge is -2.19. The molecule has 10 nitrogen and oxygen atoms in total. The van der Waals surface area contributed by atoms with Crippen LogP contribution in [-0.4, -0.2) is 40.1 Å². The lowest BCUT2D eigenvalue weighted by molar-refractivity contribution is 0.0941. The zero-order valence-electron chi connectivity index (χ0n) is 27.9. The molecule has 0 fully saturated rings. The Morgan fingerprint density at radius 1 is 0.725 bits per heavy atom. The van der Waals surface area contributed by atoms with Gasteiger partial charge in [0, 0.05) is 36.1 Å². The second-order valence-corrected chi connectivity index (χ2v) is 11.2. The molecule has 5 N–H and O–H groups in total. The average molecular weight is 672 g/mol. The Hall–Kier alpha value is -7.17. The van der Waals surface area contributed by atoms with Crippen molar-refractivity contribution in [1.29, 1.82) is 0 Å². The zero-order valence-corrected chi connectivity index (χ0v) is 27.9. The van der Waals surface area contributed by atoms with Gasteiger partial charge in [0.1, 0.15) is 23.4 Å². The minimum Gasteiger partial charge on any atom is -0.495 e. The molecule has 0 radical (unpaired) electrons. The topological polar surface area (TPSA) is 151 Å². The molecule has 0 spiro atoms. The molecule has 0 aliphatic carbocycles. The fraction of sp³-hybridized carbons (Fsp3) is 0.0976. The van der Waals surface area contributed by atoms with E-state index in [0.29, 0.717) is 57.1 Å². The molecule has 3 heterocycles. The number of anilines is 2. The van der Waals surface area contributed by atoms with Crippen molar-refractivity contribution < 1.29 is 14.3 Å². The Labute approximate surface area is 295 Å². The number of nitrogens with one attached hydrogen (secondary N) is 1. The van der Waals surface area contributed by atoms with E-state index in [1.165, 1.54) is 0 Å². The quantitative estimate of drug-likeness (QED) is 0.182. The number of nitrogens with zero attached hydrogens (tertiary/aromatic N) is 4. The number of hydrogen-bond donors (Lipinski definition) is 3. The molecule has 10 heteroatoms. The van der Waals surface area contributed by atoms with Gasteiger partial charge in [-0.15, -0.1) is 0 Å². The predicted molar refractivity (Wildman–Crippen MR) is 196 cm³/mol. The normalized spacial score (nSPS) is 10.3. The average Bonchev–Trinajstić information content (AvgIpc) is 3.17. The van der Waals surface area contributed by atoms with Crippen LogP contribution in [0.1, 0.15) is 61.2 Å². The summed E-state index contributed by atoms with van der Waals surface area (Å²) in [4.78, 5) is 31.9. The van der Waals surface area contributed by atoms with Gasteiger partial charge in [0.05, 0.1) is 47.9 Å². The fourth-order valence-corrected chi connectivity index (χ4v) is 5.37. The molecule has 3 aromatic carbocycles. The van der Waals surface area contributed by atoms with Crippen molar-refractivity contribution in [2.24, 2.45) is 0 Å². The number of rotatable bonds is 8. The Kier molecular flexibility index (Phi) is 10.5. The van der Waals surface area contributed by atoms with Crippen molar-refractivity contribution in [2.75, 3.05) is 25.7 Å². The number of amides is 1. The first-order valence-electron chi connectivity index (χ1n) is 15.9. The van der Waals surface area contributed by atoms with Gasteiger partial charge in [0.25, 0.3) is 5.91 Å². The van der Waals surface area contributed by atoms with Crippen LogP contribution in [0.2, 0.25) is 0 Å². The molecule has 0 saturated carbocycles. The molecular formula is C41H33N7O3. The van der Waals surface area contributed by atoms with E-state index in [1.807, 2.05) is 91.0 Å². The van der Waals surface area contributed by atoms with Crippen LogP contribution in [-0.2, 0) is 6.42 Å². The number of nitrogen functional groups attached to an aromatic ring is 2. The van der Waals surface area contributed by atoms with Crippen molar-refractivity contribution in [3.05, 3.63) is 166 Å². The van der Waals surface area contributed by atoms with Gasteiger partial charge in [0.15, 0.2) is 0 Å². The van der Waals surface area contributed by atoms with Gasteiger partial charge in [-0.2, -0.15) is 4.98 Å². The number of ether oxygens (including phenoxy) is 2. The highest BCUT2D eigenvalue weighted by atomic mass is 16.5. The number of benzene rings is 3. The molecule has 0 unspecified atom stereocenters. The van der Waals surface area contributed by atoms with E-state index in [1.54, 1.807) is 38.9 Å². The van der Waals surface area contributed by atoms with Gasteiger partial charge < -0.3 is 26.3 Å². The number of pyridine rings is 2. The second-order valence-electron chi connectivity index (χ2n) is 11.2. The van der Waals surface area contributed by atoms with Crippen LogP contribution < -0.4 is 26.3 Å². The molecule has 0 saturated heterocycles. The van der Waals surface area contributed by atoms with Gasteiger partial charge in [-0.1, -0.05) is 60.1 Å². The summed E-state index contributed by atoms with van der Waals surface area (Å²) in [5.41, 5.74) is 17.1. The lowest BCUT2D eigenvalue weighted by Crippen LogP contribution is -2.31. The van der Waals surface area contributed by atoms with Crippen molar-refractivity contribution in [3.8, 4) is 35.2 Å². The maximum absolute atomic E-state index is 14.6. The van der Waals surface area contributed by atoms with Gasteiger partial charge in [-0.3, -0.25) is 14.8 Å². The maximum atomic E-state index is 14.6. The largest absolute Gasteiger partial charge is 0.495 e. The van der Waals surface area contributed by atoms with Crippen LogP contribution in [0, 0.1) is 23.7 Å². The Morgan fingerprint density at radius 2 is 1.29 bits per heavy atom. The van der Waals surface area contributed by atoms with Crippen LogP contribution in [0.4, 0.5) is 11.8 Å². The number of para-hydroxylation sites is 2. The monoisotopic (exact) mass is 671 g/mol. The number of carbonyl (C=O) groups excluding carboxylic acids is 1. The molecular weight excluding hydrogens is 638 g/mol. The first-order chi connectivity index (χ1) is 24.9. The minimum absolute atomic E-state index is 0.0664. The lowest BCUT2D eigenvalue weighted by atomic mass is 9.93. The number of carbonyl (C=O) groups is 1.